The van der Waals surface area contributed by atoms with E-state index in [1.54, 1.807) is 0 Å². The molecular formula is C23H32O. The van der Waals surface area contributed by atoms with E-state index in [-0.39, 0.29) is 5.92 Å². The predicted molar refractivity (Wildman–Crippen MR) is 101 cm³/mol. The zero-order chi connectivity index (χ0) is 17.0. The molecule has 1 aromatic rings. The number of hydrogen-bond acceptors (Lipinski definition) is 1. The lowest BCUT2D eigenvalue weighted by Gasteiger charge is -2.41. The molecule has 1 nitrogen and oxygen atoms in total. The zero-order valence-corrected chi connectivity index (χ0v) is 15.2. The van der Waals surface area contributed by atoms with Crippen molar-refractivity contribution in [2.45, 2.75) is 76.5 Å². The fraction of sp³-hybridized carbons (Fsp3) is 0.609. The molecule has 0 aliphatic heterocycles. The highest BCUT2D eigenvalue weighted by Crippen LogP contribution is 2.46. The van der Waals surface area contributed by atoms with Crippen LogP contribution in [0.25, 0.3) is 0 Å². The van der Waals surface area contributed by atoms with E-state index in [9.17, 15) is 4.79 Å². The van der Waals surface area contributed by atoms with E-state index in [1.807, 2.05) is 0 Å². The molecule has 0 spiro atoms. The standard InChI is InChI=1S/C23H32O/c1-3-14-23(21-10-5-4-6-11-21)15-12-19(13-16-23)22(24)20-9-7-8-18(2)17-20/h4-6,10-11,19-20H,2-3,7-9,12-17H2,1H3. The van der Waals surface area contributed by atoms with Gasteiger partial charge in [-0.2, -0.15) is 0 Å². The van der Waals surface area contributed by atoms with Gasteiger partial charge in [0.05, 0.1) is 0 Å². The molecule has 130 valence electrons. The highest BCUT2D eigenvalue weighted by atomic mass is 16.1. The van der Waals surface area contributed by atoms with Crippen molar-refractivity contribution in [2.24, 2.45) is 11.8 Å². The number of rotatable bonds is 5. The number of allylic oxidation sites excluding steroid dienone is 1. The van der Waals surface area contributed by atoms with Gasteiger partial charge in [0.25, 0.3) is 0 Å². The van der Waals surface area contributed by atoms with E-state index in [4.69, 9.17) is 0 Å². The van der Waals surface area contributed by atoms with Crippen molar-refractivity contribution in [1.82, 2.24) is 0 Å². The SMILES string of the molecule is C=C1CCCC(C(=O)C2CCC(CCC)(c3ccccc3)CC2)C1. The molecule has 3 rings (SSSR count). The minimum absolute atomic E-state index is 0.270. The second-order valence-corrected chi connectivity index (χ2v) is 8.12. The van der Waals surface area contributed by atoms with E-state index < -0.39 is 0 Å². The molecule has 2 saturated carbocycles. The molecule has 0 N–H and O–H groups in total. The third-order valence-electron chi connectivity index (χ3n) is 6.48. The van der Waals surface area contributed by atoms with Gasteiger partial charge in [0.2, 0.25) is 0 Å². The van der Waals surface area contributed by atoms with Gasteiger partial charge in [-0.25, -0.2) is 0 Å². The van der Waals surface area contributed by atoms with E-state index in [0.29, 0.717) is 17.1 Å². The van der Waals surface area contributed by atoms with Crippen LogP contribution in [0.5, 0.6) is 0 Å². The molecule has 2 fully saturated rings. The Bertz CT molecular complexity index is 563. The van der Waals surface area contributed by atoms with Gasteiger partial charge in [0.1, 0.15) is 5.78 Å². The molecule has 24 heavy (non-hydrogen) atoms. The lowest BCUT2D eigenvalue weighted by molar-refractivity contribution is -0.128. The maximum absolute atomic E-state index is 13.0. The highest BCUT2D eigenvalue weighted by Gasteiger charge is 2.39. The second kappa shape index (κ2) is 7.68. The maximum atomic E-state index is 13.0. The molecule has 1 unspecified atom stereocenters. The van der Waals surface area contributed by atoms with Crippen LogP contribution in [0.3, 0.4) is 0 Å². The Hall–Kier alpha value is -1.37. The molecule has 1 atom stereocenters. The van der Waals surface area contributed by atoms with Crippen LogP contribution in [-0.2, 0) is 10.2 Å². The first-order valence-electron chi connectivity index (χ1n) is 9.90. The fourth-order valence-corrected chi connectivity index (χ4v) is 5.14. The summed E-state index contributed by atoms with van der Waals surface area (Å²) in [6.45, 7) is 6.41. The minimum Gasteiger partial charge on any atom is -0.299 e. The lowest BCUT2D eigenvalue weighted by atomic mass is 9.63. The average Bonchev–Trinajstić information content (AvgIpc) is 2.63. The van der Waals surface area contributed by atoms with Crippen molar-refractivity contribution in [3.63, 3.8) is 0 Å². The molecule has 2 aliphatic rings. The molecule has 2 aliphatic carbocycles. The van der Waals surface area contributed by atoms with Crippen LogP contribution < -0.4 is 0 Å². The summed E-state index contributed by atoms with van der Waals surface area (Å²) in [5.74, 6) is 1.12. The van der Waals surface area contributed by atoms with E-state index in [1.165, 1.54) is 36.8 Å². The Balaban J connectivity index is 1.67. The molecule has 1 aromatic carbocycles. The number of ketones is 1. The molecule has 0 bridgehead atoms. The van der Waals surface area contributed by atoms with E-state index in [0.717, 1.165) is 38.5 Å². The zero-order valence-electron chi connectivity index (χ0n) is 15.2. The Morgan fingerprint density at radius 2 is 1.83 bits per heavy atom. The van der Waals surface area contributed by atoms with Crippen LogP contribution in [0.1, 0.15) is 76.7 Å². The van der Waals surface area contributed by atoms with Gasteiger partial charge in [-0.3, -0.25) is 4.79 Å². The van der Waals surface area contributed by atoms with Crippen LogP contribution in [0.2, 0.25) is 0 Å². The Morgan fingerprint density at radius 1 is 1.12 bits per heavy atom. The molecule has 1 heteroatoms. The summed E-state index contributed by atoms with van der Waals surface area (Å²) in [4.78, 5) is 13.0. The van der Waals surface area contributed by atoms with Crippen LogP contribution in [-0.4, -0.2) is 5.78 Å². The molecule has 0 amide bonds. The number of carbonyl (C=O) groups is 1. The fourth-order valence-electron chi connectivity index (χ4n) is 5.14. The van der Waals surface area contributed by atoms with Crippen molar-refractivity contribution in [3.8, 4) is 0 Å². The second-order valence-electron chi connectivity index (χ2n) is 8.12. The molecule has 0 saturated heterocycles. The van der Waals surface area contributed by atoms with E-state index in [2.05, 4.69) is 43.8 Å². The Labute approximate surface area is 147 Å². The summed E-state index contributed by atoms with van der Waals surface area (Å²) in [6, 6.07) is 11.0. The topological polar surface area (TPSA) is 17.1 Å². The first-order valence-corrected chi connectivity index (χ1v) is 9.90. The monoisotopic (exact) mass is 324 g/mol. The highest BCUT2D eigenvalue weighted by molar-refractivity contribution is 5.84. The smallest absolute Gasteiger partial charge is 0.139 e. The molecule has 0 radical (unpaired) electrons. The van der Waals surface area contributed by atoms with Gasteiger partial charge in [0.15, 0.2) is 0 Å². The van der Waals surface area contributed by atoms with Gasteiger partial charge < -0.3 is 0 Å². The van der Waals surface area contributed by atoms with Gasteiger partial charge >= 0.3 is 0 Å². The maximum Gasteiger partial charge on any atom is 0.139 e. The van der Waals surface area contributed by atoms with Gasteiger partial charge in [-0.05, 0) is 68.8 Å². The summed E-state index contributed by atoms with van der Waals surface area (Å²) in [6.07, 6.45) is 11.3. The van der Waals surface area contributed by atoms with Gasteiger partial charge in [0, 0.05) is 11.8 Å². The van der Waals surface area contributed by atoms with Crippen molar-refractivity contribution >= 4 is 5.78 Å². The van der Waals surface area contributed by atoms with E-state index >= 15 is 0 Å². The van der Waals surface area contributed by atoms with Crippen molar-refractivity contribution in [1.29, 1.82) is 0 Å². The minimum atomic E-state index is 0.270. The first kappa shape index (κ1) is 17.5. The quantitative estimate of drug-likeness (QED) is 0.587. The Morgan fingerprint density at radius 3 is 2.46 bits per heavy atom. The van der Waals surface area contributed by atoms with Crippen LogP contribution >= 0.6 is 0 Å². The van der Waals surface area contributed by atoms with Crippen molar-refractivity contribution in [2.75, 3.05) is 0 Å². The lowest BCUT2D eigenvalue weighted by Crippen LogP contribution is -2.36. The largest absolute Gasteiger partial charge is 0.299 e. The number of benzene rings is 1. The third-order valence-corrected chi connectivity index (χ3v) is 6.48. The molecular weight excluding hydrogens is 292 g/mol. The van der Waals surface area contributed by atoms with Gasteiger partial charge in [-0.1, -0.05) is 55.8 Å². The summed E-state index contributed by atoms with van der Waals surface area (Å²) in [5, 5.41) is 0. The molecule has 0 heterocycles. The first-order chi connectivity index (χ1) is 11.6. The summed E-state index contributed by atoms with van der Waals surface area (Å²) in [7, 11) is 0. The third kappa shape index (κ3) is 3.66. The average molecular weight is 325 g/mol. The van der Waals surface area contributed by atoms with Crippen molar-refractivity contribution < 1.29 is 4.79 Å². The molecule has 0 aromatic heterocycles. The normalized spacial score (nSPS) is 31.0. The van der Waals surface area contributed by atoms with Crippen LogP contribution in [0.4, 0.5) is 0 Å². The number of Topliss-reactive ketones (excluding diaryl/α,β-unsaturated/α-hetero) is 1. The van der Waals surface area contributed by atoms with Crippen LogP contribution in [0.15, 0.2) is 42.5 Å². The predicted octanol–water partition coefficient (Wildman–Crippen LogP) is 6.23. The number of hydrogen-bond donors (Lipinski definition) is 0. The summed E-state index contributed by atoms with van der Waals surface area (Å²) < 4.78 is 0. The van der Waals surface area contributed by atoms with Gasteiger partial charge in [-0.15, -0.1) is 0 Å². The van der Waals surface area contributed by atoms with Crippen molar-refractivity contribution in [3.05, 3.63) is 48.0 Å². The number of carbonyl (C=O) groups excluding carboxylic acids is 1. The summed E-state index contributed by atoms with van der Waals surface area (Å²) >= 11 is 0. The Kier molecular flexibility index (Phi) is 5.58. The summed E-state index contributed by atoms with van der Waals surface area (Å²) in [5.41, 5.74) is 3.09. The van der Waals surface area contributed by atoms with Crippen LogP contribution in [0, 0.1) is 11.8 Å².